The monoisotopic (exact) mass is 250 g/mol. The number of fused-ring (bicyclic) bond motifs is 3. The fraction of sp³-hybridized carbons (Fsp3) is 0.0714. The minimum Gasteiger partial charge on any atom is -0.472 e. The second-order valence-electron chi connectivity index (χ2n) is 4.40. The van der Waals surface area contributed by atoms with E-state index in [1.165, 1.54) is 0 Å². The molecule has 0 spiro atoms. The quantitative estimate of drug-likeness (QED) is 0.521. The molecule has 4 rings (SSSR count). The molecule has 19 heavy (non-hydrogen) atoms. The van der Waals surface area contributed by atoms with Crippen molar-refractivity contribution in [2.24, 2.45) is 0 Å². The van der Waals surface area contributed by atoms with Crippen molar-refractivity contribution < 1.29 is 4.42 Å². The van der Waals surface area contributed by atoms with E-state index in [2.05, 4.69) is 15.3 Å². The molecule has 0 bridgehead atoms. The summed E-state index contributed by atoms with van der Waals surface area (Å²) in [6.45, 7) is 1.99. The van der Waals surface area contributed by atoms with Crippen LogP contribution in [0.15, 0.2) is 47.3 Å². The van der Waals surface area contributed by atoms with Gasteiger partial charge in [0.1, 0.15) is 6.26 Å². The molecule has 5 nitrogen and oxygen atoms in total. The molecule has 0 unspecified atom stereocenters. The first-order chi connectivity index (χ1) is 9.34. The molecule has 0 aliphatic carbocycles. The average molecular weight is 250 g/mol. The summed E-state index contributed by atoms with van der Waals surface area (Å²) in [6, 6.07) is 9.93. The Labute approximate surface area is 108 Å². The predicted molar refractivity (Wildman–Crippen MR) is 70.7 cm³/mol. The SMILES string of the molecule is Cc1nn2c(-c3ccoc3)nnc2c2ccccc12. The van der Waals surface area contributed by atoms with Gasteiger partial charge in [-0.2, -0.15) is 9.61 Å². The average Bonchev–Trinajstić information content (AvgIpc) is 3.07. The lowest BCUT2D eigenvalue weighted by atomic mass is 10.1. The summed E-state index contributed by atoms with van der Waals surface area (Å²) in [5, 5.41) is 15.2. The Bertz CT molecular complexity index is 877. The molecule has 0 radical (unpaired) electrons. The van der Waals surface area contributed by atoms with E-state index in [4.69, 9.17) is 4.42 Å². The number of aryl methyl sites for hydroxylation is 1. The third-order valence-corrected chi connectivity index (χ3v) is 3.23. The summed E-state index contributed by atoms with van der Waals surface area (Å²) < 4.78 is 6.86. The smallest absolute Gasteiger partial charge is 0.188 e. The zero-order valence-corrected chi connectivity index (χ0v) is 10.2. The van der Waals surface area contributed by atoms with Crippen molar-refractivity contribution in [2.45, 2.75) is 6.92 Å². The minimum absolute atomic E-state index is 0.692. The second kappa shape index (κ2) is 3.65. The lowest BCUT2D eigenvalue weighted by Gasteiger charge is -2.03. The highest BCUT2D eigenvalue weighted by Gasteiger charge is 2.13. The number of hydrogen-bond donors (Lipinski definition) is 0. The van der Waals surface area contributed by atoms with Gasteiger partial charge in [0.25, 0.3) is 0 Å². The van der Waals surface area contributed by atoms with Gasteiger partial charge in [-0.3, -0.25) is 0 Å². The number of benzene rings is 1. The Hall–Kier alpha value is -2.69. The predicted octanol–water partition coefficient (Wildman–Crippen LogP) is 2.85. The molecule has 0 aliphatic rings. The first-order valence-electron chi connectivity index (χ1n) is 5.98. The zero-order chi connectivity index (χ0) is 12.8. The molecule has 0 fully saturated rings. The molecular formula is C14H10N4O. The third-order valence-electron chi connectivity index (χ3n) is 3.23. The van der Waals surface area contributed by atoms with Crippen LogP contribution in [-0.2, 0) is 0 Å². The maximum atomic E-state index is 5.10. The largest absolute Gasteiger partial charge is 0.472 e. The molecule has 3 aromatic heterocycles. The molecule has 0 amide bonds. The number of nitrogens with zero attached hydrogens (tertiary/aromatic N) is 4. The lowest BCUT2D eigenvalue weighted by Crippen LogP contribution is -1.98. The van der Waals surface area contributed by atoms with E-state index in [0.29, 0.717) is 5.82 Å². The van der Waals surface area contributed by atoms with Crippen molar-refractivity contribution in [3.8, 4) is 11.4 Å². The summed E-state index contributed by atoms with van der Waals surface area (Å²) in [5.41, 5.74) is 2.58. The van der Waals surface area contributed by atoms with Crippen molar-refractivity contribution >= 4 is 16.4 Å². The van der Waals surface area contributed by atoms with Crippen LogP contribution in [0.4, 0.5) is 0 Å². The van der Waals surface area contributed by atoms with E-state index in [1.54, 1.807) is 17.0 Å². The highest BCUT2D eigenvalue weighted by molar-refractivity contribution is 5.95. The van der Waals surface area contributed by atoms with Crippen LogP contribution in [0, 0.1) is 6.92 Å². The Morgan fingerprint density at radius 3 is 2.68 bits per heavy atom. The van der Waals surface area contributed by atoms with Gasteiger partial charge in [-0.15, -0.1) is 10.2 Å². The second-order valence-corrected chi connectivity index (χ2v) is 4.40. The summed E-state index contributed by atoms with van der Waals surface area (Å²) in [5.74, 6) is 0.692. The van der Waals surface area contributed by atoms with Gasteiger partial charge >= 0.3 is 0 Å². The third kappa shape index (κ3) is 1.38. The van der Waals surface area contributed by atoms with E-state index in [1.807, 2.05) is 37.3 Å². The Morgan fingerprint density at radius 1 is 1.05 bits per heavy atom. The highest BCUT2D eigenvalue weighted by atomic mass is 16.3. The van der Waals surface area contributed by atoms with Crippen LogP contribution in [0.2, 0.25) is 0 Å². The maximum Gasteiger partial charge on any atom is 0.188 e. The zero-order valence-electron chi connectivity index (χ0n) is 10.2. The van der Waals surface area contributed by atoms with E-state index >= 15 is 0 Å². The molecule has 92 valence electrons. The van der Waals surface area contributed by atoms with Crippen molar-refractivity contribution in [3.05, 3.63) is 48.6 Å². The topological polar surface area (TPSA) is 56.2 Å². The Balaban J connectivity index is 2.16. The molecule has 0 saturated heterocycles. The molecule has 0 N–H and O–H groups in total. The van der Waals surface area contributed by atoms with Gasteiger partial charge < -0.3 is 4.42 Å². The molecule has 0 aliphatic heterocycles. The van der Waals surface area contributed by atoms with Crippen molar-refractivity contribution in [1.29, 1.82) is 0 Å². The molecule has 0 atom stereocenters. The van der Waals surface area contributed by atoms with Gasteiger partial charge in [-0.1, -0.05) is 24.3 Å². The van der Waals surface area contributed by atoms with Crippen LogP contribution in [0.1, 0.15) is 5.69 Å². The first kappa shape index (κ1) is 10.3. The first-order valence-corrected chi connectivity index (χ1v) is 5.98. The number of aromatic nitrogens is 4. The van der Waals surface area contributed by atoms with Gasteiger partial charge in [0.15, 0.2) is 11.5 Å². The number of rotatable bonds is 1. The molecule has 4 aromatic rings. The van der Waals surface area contributed by atoms with Crippen LogP contribution in [0.5, 0.6) is 0 Å². The van der Waals surface area contributed by atoms with Crippen molar-refractivity contribution in [1.82, 2.24) is 19.8 Å². The fourth-order valence-corrected chi connectivity index (χ4v) is 2.31. The van der Waals surface area contributed by atoms with Gasteiger partial charge in [0, 0.05) is 10.8 Å². The van der Waals surface area contributed by atoms with E-state index in [9.17, 15) is 0 Å². The maximum absolute atomic E-state index is 5.10. The number of hydrogen-bond acceptors (Lipinski definition) is 4. The minimum atomic E-state index is 0.692. The summed E-state index contributed by atoms with van der Waals surface area (Å²) in [6.07, 6.45) is 3.26. The van der Waals surface area contributed by atoms with E-state index in [-0.39, 0.29) is 0 Å². The van der Waals surface area contributed by atoms with Crippen molar-refractivity contribution in [2.75, 3.05) is 0 Å². The van der Waals surface area contributed by atoms with Gasteiger partial charge in [0.05, 0.1) is 17.5 Å². The Morgan fingerprint density at radius 2 is 1.89 bits per heavy atom. The van der Waals surface area contributed by atoms with Crippen LogP contribution in [-0.4, -0.2) is 19.8 Å². The van der Waals surface area contributed by atoms with E-state index < -0.39 is 0 Å². The van der Waals surface area contributed by atoms with Crippen LogP contribution in [0.3, 0.4) is 0 Å². The molecule has 3 heterocycles. The molecule has 0 saturated carbocycles. The Kier molecular flexibility index (Phi) is 1.97. The standard InChI is InChI=1S/C14H10N4O/c1-9-11-4-2-3-5-12(11)14-16-15-13(18(14)17-9)10-6-7-19-8-10/h2-8H,1H3. The van der Waals surface area contributed by atoms with Crippen LogP contribution in [0.25, 0.3) is 27.8 Å². The van der Waals surface area contributed by atoms with Crippen molar-refractivity contribution in [3.63, 3.8) is 0 Å². The van der Waals surface area contributed by atoms with Gasteiger partial charge in [-0.25, -0.2) is 0 Å². The van der Waals surface area contributed by atoms with Gasteiger partial charge in [-0.05, 0) is 13.0 Å². The van der Waals surface area contributed by atoms with Gasteiger partial charge in [0.2, 0.25) is 0 Å². The molecular weight excluding hydrogens is 240 g/mol. The molecule has 1 aromatic carbocycles. The summed E-state index contributed by atoms with van der Waals surface area (Å²) in [7, 11) is 0. The summed E-state index contributed by atoms with van der Waals surface area (Å²) in [4.78, 5) is 0. The van der Waals surface area contributed by atoms with Crippen LogP contribution >= 0.6 is 0 Å². The van der Waals surface area contributed by atoms with Crippen LogP contribution < -0.4 is 0 Å². The molecule has 5 heteroatoms. The highest BCUT2D eigenvalue weighted by Crippen LogP contribution is 2.24. The van der Waals surface area contributed by atoms with E-state index in [0.717, 1.165) is 27.7 Å². The number of furan rings is 1. The summed E-state index contributed by atoms with van der Waals surface area (Å²) >= 11 is 0. The lowest BCUT2D eigenvalue weighted by molar-refractivity contribution is 0.567. The fourth-order valence-electron chi connectivity index (χ4n) is 2.31. The normalized spacial score (nSPS) is 11.4.